The highest BCUT2D eigenvalue weighted by atomic mass is 14.7. The zero-order valence-electron chi connectivity index (χ0n) is 12.9. The van der Waals surface area contributed by atoms with Crippen LogP contribution in [0.3, 0.4) is 0 Å². The van der Waals surface area contributed by atoms with E-state index in [1.54, 1.807) is 11.1 Å². The summed E-state index contributed by atoms with van der Waals surface area (Å²) in [6, 6.07) is 17.6. The molecule has 1 aliphatic rings. The van der Waals surface area contributed by atoms with Gasteiger partial charge in [-0.3, -0.25) is 0 Å². The first-order chi connectivity index (χ1) is 10.2. The minimum atomic E-state index is -0.145. The Kier molecular flexibility index (Phi) is 4.12. The summed E-state index contributed by atoms with van der Waals surface area (Å²) in [5, 5.41) is 0. The molecule has 0 heterocycles. The van der Waals surface area contributed by atoms with E-state index in [-0.39, 0.29) is 5.54 Å². The fraction of sp³-hybridized carbons (Fsp3) is 0.400. The molecule has 0 fully saturated rings. The molecule has 0 radical (unpaired) electrons. The normalized spacial score (nSPS) is 16.5. The van der Waals surface area contributed by atoms with E-state index in [1.165, 1.54) is 30.4 Å². The lowest BCUT2D eigenvalue weighted by Gasteiger charge is -2.29. The number of hydrogen-bond donors (Lipinski definition) is 1. The van der Waals surface area contributed by atoms with E-state index in [1.807, 2.05) is 0 Å². The van der Waals surface area contributed by atoms with Gasteiger partial charge in [0.1, 0.15) is 0 Å². The molecule has 1 unspecified atom stereocenters. The lowest BCUT2D eigenvalue weighted by atomic mass is 9.83. The van der Waals surface area contributed by atoms with Crippen LogP contribution in [0, 0.1) is 0 Å². The number of nitrogens with two attached hydrogens (primary N) is 1. The third kappa shape index (κ3) is 3.36. The largest absolute Gasteiger partial charge is 0.325 e. The molecule has 0 aromatic heterocycles. The van der Waals surface area contributed by atoms with Crippen molar-refractivity contribution in [3.8, 4) is 0 Å². The molecule has 0 bridgehead atoms. The molecule has 2 aromatic rings. The number of rotatable bonds is 5. The van der Waals surface area contributed by atoms with Crippen LogP contribution in [0.5, 0.6) is 0 Å². The van der Waals surface area contributed by atoms with E-state index >= 15 is 0 Å². The minimum Gasteiger partial charge on any atom is -0.325 e. The highest BCUT2D eigenvalue weighted by Crippen LogP contribution is 2.26. The van der Waals surface area contributed by atoms with E-state index in [2.05, 4.69) is 55.5 Å². The quantitative estimate of drug-likeness (QED) is 0.877. The van der Waals surface area contributed by atoms with Crippen LogP contribution >= 0.6 is 0 Å². The standard InChI is InChI=1S/C20H25N/c1-2-20(21,14-16-7-4-3-5-8-16)15-17-11-12-18-9-6-10-19(18)13-17/h3-5,7-8,11-13H,2,6,9-10,14-15,21H2,1H3. The number of hydrogen-bond acceptors (Lipinski definition) is 1. The van der Waals surface area contributed by atoms with Gasteiger partial charge in [-0.25, -0.2) is 0 Å². The molecule has 2 aromatic carbocycles. The molecular weight excluding hydrogens is 254 g/mol. The van der Waals surface area contributed by atoms with E-state index in [0.29, 0.717) is 0 Å². The second-order valence-corrected chi connectivity index (χ2v) is 6.51. The Bertz CT molecular complexity index is 602. The Balaban J connectivity index is 1.77. The summed E-state index contributed by atoms with van der Waals surface area (Å²) in [4.78, 5) is 0. The first-order valence-corrected chi connectivity index (χ1v) is 8.12. The van der Waals surface area contributed by atoms with Crippen LogP contribution in [0.25, 0.3) is 0 Å². The molecule has 21 heavy (non-hydrogen) atoms. The molecule has 3 rings (SSSR count). The second-order valence-electron chi connectivity index (χ2n) is 6.51. The topological polar surface area (TPSA) is 26.0 Å². The SMILES string of the molecule is CCC(N)(Cc1ccccc1)Cc1ccc2c(c1)CCC2. The number of aryl methyl sites for hydroxylation is 2. The molecule has 1 atom stereocenters. The molecule has 0 saturated heterocycles. The molecule has 0 saturated carbocycles. The average Bonchev–Trinajstić information content (AvgIpc) is 2.96. The lowest BCUT2D eigenvalue weighted by molar-refractivity contribution is 0.404. The maximum Gasteiger partial charge on any atom is 0.0233 e. The first-order valence-electron chi connectivity index (χ1n) is 8.12. The van der Waals surface area contributed by atoms with Crippen molar-refractivity contribution in [2.24, 2.45) is 5.73 Å². The van der Waals surface area contributed by atoms with Gasteiger partial charge in [0.25, 0.3) is 0 Å². The van der Waals surface area contributed by atoms with Crippen LogP contribution < -0.4 is 5.73 Å². The van der Waals surface area contributed by atoms with Crippen LogP contribution in [0.4, 0.5) is 0 Å². The van der Waals surface area contributed by atoms with Crippen molar-refractivity contribution in [2.45, 2.75) is 51.0 Å². The molecule has 0 spiro atoms. The molecule has 110 valence electrons. The van der Waals surface area contributed by atoms with E-state index in [0.717, 1.165) is 19.3 Å². The second kappa shape index (κ2) is 6.03. The van der Waals surface area contributed by atoms with Gasteiger partial charge < -0.3 is 5.73 Å². The third-order valence-corrected chi connectivity index (χ3v) is 4.82. The Morgan fingerprint density at radius 2 is 1.62 bits per heavy atom. The average molecular weight is 279 g/mol. The van der Waals surface area contributed by atoms with Crippen LogP contribution in [-0.2, 0) is 25.7 Å². The van der Waals surface area contributed by atoms with E-state index < -0.39 is 0 Å². The molecule has 1 aliphatic carbocycles. The monoisotopic (exact) mass is 279 g/mol. The number of benzene rings is 2. The molecule has 2 N–H and O–H groups in total. The third-order valence-electron chi connectivity index (χ3n) is 4.82. The Morgan fingerprint density at radius 3 is 2.38 bits per heavy atom. The van der Waals surface area contributed by atoms with Gasteiger partial charge in [-0.1, -0.05) is 55.5 Å². The van der Waals surface area contributed by atoms with Crippen LogP contribution in [0.15, 0.2) is 48.5 Å². The van der Waals surface area contributed by atoms with Gasteiger partial charge in [-0.15, -0.1) is 0 Å². The summed E-state index contributed by atoms with van der Waals surface area (Å²) < 4.78 is 0. The van der Waals surface area contributed by atoms with E-state index in [9.17, 15) is 0 Å². The predicted octanol–water partition coefficient (Wildman–Crippen LogP) is 4.07. The van der Waals surface area contributed by atoms with Crippen molar-refractivity contribution in [3.63, 3.8) is 0 Å². The van der Waals surface area contributed by atoms with Gasteiger partial charge >= 0.3 is 0 Å². The van der Waals surface area contributed by atoms with Gasteiger partial charge in [0.2, 0.25) is 0 Å². The molecule has 1 nitrogen and oxygen atoms in total. The van der Waals surface area contributed by atoms with Gasteiger partial charge in [-0.2, -0.15) is 0 Å². The van der Waals surface area contributed by atoms with Crippen LogP contribution in [-0.4, -0.2) is 5.54 Å². The Morgan fingerprint density at radius 1 is 0.905 bits per heavy atom. The summed E-state index contributed by atoms with van der Waals surface area (Å²) in [7, 11) is 0. The fourth-order valence-corrected chi connectivity index (χ4v) is 3.46. The Hall–Kier alpha value is -1.60. The summed E-state index contributed by atoms with van der Waals surface area (Å²) in [6.45, 7) is 2.20. The Labute approximate surface area is 128 Å². The fourth-order valence-electron chi connectivity index (χ4n) is 3.46. The van der Waals surface area contributed by atoms with E-state index in [4.69, 9.17) is 5.73 Å². The van der Waals surface area contributed by atoms with Crippen molar-refractivity contribution < 1.29 is 0 Å². The highest BCUT2D eigenvalue weighted by Gasteiger charge is 2.24. The van der Waals surface area contributed by atoms with Crippen LogP contribution in [0.1, 0.15) is 42.0 Å². The molecule has 1 heteroatoms. The first kappa shape index (κ1) is 14.3. The highest BCUT2D eigenvalue weighted by molar-refractivity contribution is 5.36. The summed E-state index contributed by atoms with van der Waals surface area (Å²) in [5.41, 5.74) is 12.4. The van der Waals surface area contributed by atoms with Crippen molar-refractivity contribution in [2.75, 3.05) is 0 Å². The predicted molar refractivity (Wildman–Crippen MR) is 89.5 cm³/mol. The van der Waals surface area contributed by atoms with Crippen molar-refractivity contribution >= 4 is 0 Å². The van der Waals surface area contributed by atoms with Crippen molar-refractivity contribution in [1.29, 1.82) is 0 Å². The molecular formula is C20H25N. The maximum atomic E-state index is 6.71. The number of fused-ring (bicyclic) bond motifs is 1. The summed E-state index contributed by atoms with van der Waals surface area (Å²) >= 11 is 0. The van der Waals surface area contributed by atoms with Gasteiger partial charge in [0.05, 0.1) is 0 Å². The molecule has 0 aliphatic heterocycles. The minimum absolute atomic E-state index is 0.145. The van der Waals surface area contributed by atoms with Crippen LogP contribution in [0.2, 0.25) is 0 Å². The maximum absolute atomic E-state index is 6.71. The van der Waals surface area contributed by atoms with Gasteiger partial charge in [0, 0.05) is 5.54 Å². The smallest absolute Gasteiger partial charge is 0.0233 e. The summed E-state index contributed by atoms with van der Waals surface area (Å²) in [6.07, 6.45) is 6.71. The zero-order valence-corrected chi connectivity index (χ0v) is 12.9. The lowest BCUT2D eigenvalue weighted by Crippen LogP contribution is -2.43. The van der Waals surface area contributed by atoms with Gasteiger partial charge in [0.15, 0.2) is 0 Å². The van der Waals surface area contributed by atoms with Gasteiger partial charge in [-0.05, 0) is 60.8 Å². The van der Waals surface area contributed by atoms with Crippen molar-refractivity contribution in [3.05, 3.63) is 70.8 Å². The molecule has 0 amide bonds. The zero-order chi connectivity index (χ0) is 14.7. The van der Waals surface area contributed by atoms with Crippen molar-refractivity contribution in [1.82, 2.24) is 0 Å². The summed E-state index contributed by atoms with van der Waals surface area (Å²) in [5.74, 6) is 0.